The lowest BCUT2D eigenvalue weighted by molar-refractivity contribution is -0.148. The number of carboxylic acid groups (broad SMARTS) is 2. The number of aryl methyl sites for hydroxylation is 2. The van der Waals surface area contributed by atoms with Gasteiger partial charge in [-0.3, -0.25) is 9.59 Å². The molecule has 4 heteroatoms. The van der Waals surface area contributed by atoms with Crippen molar-refractivity contribution in [1.29, 1.82) is 0 Å². The topological polar surface area (TPSA) is 74.6 Å². The number of rotatable bonds is 16. The van der Waals surface area contributed by atoms with E-state index in [4.69, 9.17) is 0 Å². The van der Waals surface area contributed by atoms with Crippen LogP contribution in [-0.4, -0.2) is 22.2 Å². The molecule has 0 atom stereocenters. The molecule has 1 aromatic carbocycles. The van der Waals surface area contributed by atoms with Gasteiger partial charge in [0.05, 0.1) is 10.8 Å². The van der Waals surface area contributed by atoms with Gasteiger partial charge in [-0.1, -0.05) is 44.6 Å². The van der Waals surface area contributed by atoms with Crippen LogP contribution in [0.3, 0.4) is 0 Å². The number of hydrogen-bond donors (Lipinski definition) is 2. The molecule has 1 rings (SSSR count). The van der Waals surface area contributed by atoms with Crippen molar-refractivity contribution >= 4 is 11.9 Å². The summed E-state index contributed by atoms with van der Waals surface area (Å²) in [6, 6.07) is 2.32. The average molecular weight is 461 g/mol. The van der Waals surface area contributed by atoms with E-state index in [0.717, 1.165) is 77.0 Å². The first-order valence-corrected chi connectivity index (χ1v) is 12.8. The summed E-state index contributed by atoms with van der Waals surface area (Å²) in [5, 5.41) is 18.5. The third-order valence-electron chi connectivity index (χ3n) is 7.43. The molecular weight excluding hydrogens is 412 g/mol. The molecule has 4 nitrogen and oxygen atoms in total. The van der Waals surface area contributed by atoms with Crippen LogP contribution in [0.5, 0.6) is 0 Å². The smallest absolute Gasteiger partial charge is 0.309 e. The lowest BCUT2D eigenvalue weighted by Gasteiger charge is -2.20. The molecule has 2 N–H and O–H groups in total. The number of unbranched alkanes of at least 4 members (excludes halogenated alkanes) is 6. The Bertz CT molecular complexity index is 789. The molecule has 0 aliphatic rings. The van der Waals surface area contributed by atoms with Gasteiger partial charge in [-0.2, -0.15) is 0 Å². The van der Waals surface area contributed by atoms with E-state index in [1.807, 2.05) is 27.7 Å². The van der Waals surface area contributed by atoms with Crippen molar-refractivity contribution in [3.8, 4) is 0 Å². The molecule has 188 valence electrons. The van der Waals surface area contributed by atoms with Gasteiger partial charge in [0.2, 0.25) is 0 Å². The van der Waals surface area contributed by atoms with Crippen LogP contribution >= 0.6 is 0 Å². The minimum atomic E-state index is -0.705. The summed E-state index contributed by atoms with van der Waals surface area (Å²) < 4.78 is 0. The maximum absolute atomic E-state index is 11.3. The van der Waals surface area contributed by atoms with E-state index in [1.165, 1.54) is 27.8 Å². The predicted octanol–water partition coefficient (Wildman–Crippen LogP) is 7.82. The molecule has 0 saturated carbocycles. The predicted molar refractivity (Wildman–Crippen MR) is 137 cm³/mol. The van der Waals surface area contributed by atoms with Gasteiger partial charge in [-0.15, -0.1) is 0 Å². The highest BCUT2D eigenvalue weighted by Crippen LogP contribution is 2.28. The van der Waals surface area contributed by atoms with Gasteiger partial charge >= 0.3 is 11.9 Å². The highest BCUT2D eigenvalue weighted by molar-refractivity contribution is 5.73. The van der Waals surface area contributed by atoms with E-state index < -0.39 is 22.8 Å². The number of aliphatic carboxylic acids is 2. The number of carboxylic acids is 2. The Morgan fingerprint density at radius 3 is 1.45 bits per heavy atom. The van der Waals surface area contributed by atoms with Crippen LogP contribution in [0.15, 0.2) is 6.07 Å². The summed E-state index contributed by atoms with van der Waals surface area (Å²) in [6.45, 7) is 13.9. The average Bonchev–Trinajstić information content (AvgIpc) is 2.71. The van der Waals surface area contributed by atoms with Crippen LogP contribution in [0, 0.1) is 31.6 Å². The zero-order valence-corrected chi connectivity index (χ0v) is 22.3. The summed E-state index contributed by atoms with van der Waals surface area (Å²) in [4.78, 5) is 22.5. The fraction of sp³-hybridized carbons (Fsp3) is 0.724. The minimum absolute atomic E-state index is 0.624. The Hall–Kier alpha value is -1.84. The molecular formula is C29H48O4. The molecule has 0 unspecified atom stereocenters. The van der Waals surface area contributed by atoms with Crippen molar-refractivity contribution in [3.05, 3.63) is 33.9 Å². The van der Waals surface area contributed by atoms with E-state index in [2.05, 4.69) is 26.8 Å². The molecule has 33 heavy (non-hydrogen) atoms. The second-order valence-corrected chi connectivity index (χ2v) is 11.3. The van der Waals surface area contributed by atoms with Crippen LogP contribution in [0.4, 0.5) is 0 Å². The third-order valence-corrected chi connectivity index (χ3v) is 7.43. The van der Waals surface area contributed by atoms with Gasteiger partial charge in [0.25, 0.3) is 0 Å². The van der Waals surface area contributed by atoms with E-state index in [0.29, 0.717) is 0 Å². The number of hydrogen-bond acceptors (Lipinski definition) is 2. The quantitative estimate of drug-likeness (QED) is 0.247. The van der Waals surface area contributed by atoms with Crippen molar-refractivity contribution in [2.24, 2.45) is 10.8 Å². The number of benzene rings is 1. The van der Waals surface area contributed by atoms with Gasteiger partial charge in [-0.25, -0.2) is 0 Å². The molecule has 0 aliphatic carbocycles. The lowest BCUT2D eigenvalue weighted by Crippen LogP contribution is -2.23. The summed E-state index contributed by atoms with van der Waals surface area (Å²) in [5.41, 5.74) is 5.96. The largest absolute Gasteiger partial charge is 0.481 e. The van der Waals surface area contributed by atoms with Crippen LogP contribution < -0.4 is 0 Å². The SMILES string of the molecule is Cc1cc(C)c(CCCCCCC(C)(C)C(=O)O)c(CCCCCCC(C)(C)C(=O)O)c1C. The van der Waals surface area contributed by atoms with Crippen molar-refractivity contribution in [3.63, 3.8) is 0 Å². The van der Waals surface area contributed by atoms with Crippen LogP contribution in [0.2, 0.25) is 0 Å². The van der Waals surface area contributed by atoms with E-state index in [1.54, 1.807) is 0 Å². The van der Waals surface area contributed by atoms with Gasteiger partial charge in [0.15, 0.2) is 0 Å². The van der Waals surface area contributed by atoms with E-state index in [-0.39, 0.29) is 0 Å². The molecule has 0 heterocycles. The molecule has 0 aliphatic heterocycles. The highest BCUT2D eigenvalue weighted by atomic mass is 16.4. The van der Waals surface area contributed by atoms with Crippen LogP contribution in [0.25, 0.3) is 0 Å². The van der Waals surface area contributed by atoms with Gasteiger partial charge < -0.3 is 10.2 Å². The normalized spacial score (nSPS) is 12.2. The minimum Gasteiger partial charge on any atom is -0.481 e. The Labute approximate surface area is 202 Å². The van der Waals surface area contributed by atoms with Crippen molar-refractivity contribution in [2.75, 3.05) is 0 Å². The second-order valence-electron chi connectivity index (χ2n) is 11.3. The first kappa shape index (κ1) is 29.2. The molecule has 0 amide bonds. The summed E-state index contributed by atoms with van der Waals surface area (Å²) >= 11 is 0. The van der Waals surface area contributed by atoms with Gasteiger partial charge in [0, 0.05) is 0 Å². The maximum atomic E-state index is 11.3. The molecule has 0 radical (unpaired) electrons. The first-order chi connectivity index (χ1) is 15.3. The molecule has 0 bridgehead atoms. The van der Waals surface area contributed by atoms with E-state index in [9.17, 15) is 19.8 Å². The fourth-order valence-electron chi connectivity index (χ4n) is 4.57. The first-order valence-electron chi connectivity index (χ1n) is 12.8. The zero-order chi connectivity index (χ0) is 25.2. The Balaban J connectivity index is 2.55. The van der Waals surface area contributed by atoms with Crippen molar-refractivity contribution < 1.29 is 19.8 Å². The van der Waals surface area contributed by atoms with E-state index >= 15 is 0 Å². The highest BCUT2D eigenvalue weighted by Gasteiger charge is 2.26. The van der Waals surface area contributed by atoms with Gasteiger partial charge in [0.1, 0.15) is 0 Å². The molecule has 0 aromatic heterocycles. The molecule has 0 fully saturated rings. The van der Waals surface area contributed by atoms with Crippen molar-refractivity contribution in [2.45, 2.75) is 126 Å². The standard InChI is InChI=1S/C29H48O4/c1-21-20-22(2)24(16-12-8-10-14-18-28(4,5)26(30)31)25(23(21)3)17-13-9-11-15-19-29(6,7)27(32)33/h20H,8-19H2,1-7H3,(H,30,31)(H,32,33). The lowest BCUT2D eigenvalue weighted by atomic mass is 9.85. The Kier molecular flexibility index (Phi) is 11.6. The fourth-order valence-corrected chi connectivity index (χ4v) is 4.57. The van der Waals surface area contributed by atoms with Crippen LogP contribution in [-0.2, 0) is 22.4 Å². The molecule has 0 spiro atoms. The molecule has 1 aromatic rings. The maximum Gasteiger partial charge on any atom is 0.309 e. The summed E-state index contributed by atoms with van der Waals surface area (Å²) in [7, 11) is 0. The molecule has 0 saturated heterocycles. The monoisotopic (exact) mass is 460 g/mol. The zero-order valence-electron chi connectivity index (χ0n) is 22.3. The Morgan fingerprint density at radius 2 is 1.03 bits per heavy atom. The number of carbonyl (C=O) groups is 2. The third kappa shape index (κ3) is 9.51. The summed E-state index contributed by atoms with van der Waals surface area (Å²) in [6.07, 6.45) is 12.3. The van der Waals surface area contributed by atoms with Crippen LogP contribution in [0.1, 0.15) is 120 Å². The second kappa shape index (κ2) is 13.2. The van der Waals surface area contributed by atoms with Crippen molar-refractivity contribution in [1.82, 2.24) is 0 Å². The Morgan fingerprint density at radius 1 is 0.636 bits per heavy atom. The van der Waals surface area contributed by atoms with Gasteiger partial charge in [-0.05, 0) is 115 Å². The summed E-state index contributed by atoms with van der Waals surface area (Å²) in [5.74, 6) is -1.41.